The zero-order valence-electron chi connectivity index (χ0n) is 9.12. The van der Waals surface area contributed by atoms with Crippen LogP contribution in [0.1, 0.15) is 25.7 Å². The molecule has 0 spiro atoms. The predicted octanol–water partition coefficient (Wildman–Crippen LogP) is 1.31. The van der Waals surface area contributed by atoms with E-state index in [0.717, 1.165) is 38.6 Å². The highest BCUT2D eigenvalue weighted by Crippen LogP contribution is 2.27. The van der Waals surface area contributed by atoms with Crippen LogP contribution < -0.4 is 0 Å². The number of hydrogen-bond donors (Lipinski definition) is 0. The Labute approximate surface area is 96.4 Å². The third-order valence-corrected chi connectivity index (χ3v) is 3.52. The maximum atomic E-state index is 11.7. The van der Waals surface area contributed by atoms with Gasteiger partial charge in [-0.05, 0) is 19.3 Å². The van der Waals surface area contributed by atoms with Crippen molar-refractivity contribution in [3.63, 3.8) is 0 Å². The van der Waals surface area contributed by atoms with Gasteiger partial charge in [0.1, 0.15) is 0 Å². The minimum Gasteiger partial charge on any atom is -0.340 e. The largest absolute Gasteiger partial charge is 0.340 e. The molecule has 1 aliphatic carbocycles. The summed E-state index contributed by atoms with van der Waals surface area (Å²) in [5.74, 6) is 0.874. The van der Waals surface area contributed by atoms with Crippen molar-refractivity contribution in [2.75, 3.05) is 32.1 Å². The number of nitrogens with zero attached hydrogens (tertiary/aromatic N) is 2. The first-order valence-electron chi connectivity index (χ1n) is 5.89. The molecule has 0 unspecified atom stereocenters. The molecule has 1 aliphatic heterocycles. The first kappa shape index (κ1) is 11.2. The minimum atomic E-state index is 0.283. The minimum absolute atomic E-state index is 0.283. The van der Waals surface area contributed by atoms with E-state index in [2.05, 4.69) is 4.90 Å². The molecule has 0 radical (unpaired) electrons. The molecule has 0 N–H and O–H groups in total. The number of amides is 1. The van der Waals surface area contributed by atoms with Crippen molar-refractivity contribution in [3.05, 3.63) is 0 Å². The molecule has 2 rings (SSSR count). The fourth-order valence-corrected chi connectivity index (χ4v) is 2.29. The first-order chi connectivity index (χ1) is 7.31. The van der Waals surface area contributed by atoms with Crippen LogP contribution in [0.15, 0.2) is 0 Å². The molecular weight excluding hydrogens is 212 g/mol. The van der Waals surface area contributed by atoms with E-state index in [4.69, 9.17) is 11.6 Å². The Morgan fingerprint density at radius 2 is 1.87 bits per heavy atom. The molecule has 2 aliphatic rings. The van der Waals surface area contributed by atoms with Crippen LogP contribution in [0.5, 0.6) is 0 Å². The lowest BCUT2D eigenvalue weighted by Gasteiger charge is -2.34. The zero-order valence-corrected chi connectivity index (χ0v) is 9.88. The van der Waals surface area contributed by atoms with Crippen molar-refractivity contribution in [1.82, 2.24) is 9.80 Å². The molecule has 1 saturated heterocycles. The quantitative estimate of drug-likeness (QED) is 0.680. The van der Waals surface area contributed by atoms with Gasteiger partial charge < -0.3 is 4.90 Å². The van der Waals surface area contributed by atoms with Crippen molar-refractivity contribution in [3.8, 4) is 0 Å². The normalized spacial score (nSPS) is 23.1. The molecule has 0 aromatic carbocycles. The number of carbonyl (C=O) groups is 1. The third kappa shape index (κ3) is 3.08. The Morgan fingerprint density at radius 3 is 2.40 bits per heavy atom. The summed E-state index contributed by atoms with van der Waals surface area (Å²) in [6.45, 7) is 3.96. The zero-order chi connectivity index (χ0) is 10.7. The van der Waals surface area contributed by atoms with Crippen LogP contribution >= 0.6 is 11.6 Å². The SMILES string of the molecule is O=C(CCCCl)N1CCN(C2CC2)CC1. The van der Waals surface area contributed by atoms with E-state index in [1.165, 1.54) is 12.8 Å². The second-order valence-corrected chi connectivity index (χ2v) is 4.82. The van der Waals surface area contributed by atoms with Gasteiger partial charge in [-0.3, -0.25) is 9.69 Å². The Morgan fingerprint density at radius 1 is 1.20 bits per heavy atom. The lowest BCUT2D eigenvalue weighted by atomic mass is 10.2. The molecule has 1 heterocycles. The third-order valence-electron chi connectivity index (χ3n) is 3.25. The maximum Gasteiger partial charge on any atom is 0.222 e. The Kier molecular flexibility index (Phi) is 3.87. The Hall–Kier alpha value is -0.280. The number of rotatable bonds is 4. The van der Waals surface area contributed by atoms with Crippen LogP contribution in [0.25, 0.3) is 0 Å². The first-order valence-corrected chi connectivity index (χ1v) is 6.42. The van der Waals surface area contributed by atoms with Crippen molar-refractivity contribution in [2.24, 2.45) is 0 Å². The molecule has 4 heteroatoms. The summed E-state index contributed by atoms with van der Waals surface area (Å²) in [6, 6.07) is 0.838. The van der Waals surface area contributed by atoms with Gasteiger partial charge in [-0.2, -0.15) is 0 Å². The molecule has 0 aromatic rings. The predicted molar refractivity (Wildman–Crippen MR) is 61.1 cm³/mol. The fraction of sp³-hybridized carbons (Fsp3) is 0.909. The van der Waals surface area contributed by atoms with Crippen LogP contribution in [0.2, 0.25) is 0 Å². The Balaban J connectivity index is 1.69. The standard InChI is InChI=1S/C11H19ClN2O/c12-5-1-2-11(15)14-8-6-13(7-9-14)10-3-4-10/h10H,1-9H2. The van der Waals surface area contributed by atoms with Gasteiger partial charge in [0.05, 0.1) is 0 Å². The molecule has 0 bridgehead atoms. The number of alkyl halides is 1. The van der Waals surface area contributed by atoms with Crippen molar-refractivity contribution in [2.45, 2.75) is 31.7 Å². The molecule has 1 saturated carbocycles. The molecule has 15 heavy (non-hydrogen) atoms. The van der Waals surface area contributed by atoms with Gasteiger partial charge in [0.15, 0.2) is 0 Å². The highest BCUT2D eigenvalue weighted by Gasteiger charge is 2.31. The van der Waals surface area contributed by atoms with E-state index in [1.807, 2.05) is 4.90 Å². The highest BCUT2D eigenvalue weighted by atomic mass is 35.5. The van der Waals surface area contributed by atoms with Crippen molar-refractivity contribution >= 4 is 17.5 Å². The average Bonchev–Trinajstić information content (AvgIpc) is 3.10. The summed E-state index contributed by atoms with van der Waals surface area (Å²) < 4.78 is 0. The summed E-state index contributed by atoms with van der Waals surface area (Å²) in [6.07, 6.45) is 4.15. The highest BCUT2D eigenvalue weighted by molar-refractivity contribution is 6.17. The van der Waals surface area contributed by atoms with Gasteiger partial charge in [0.25, 0.3) is 0 Å². The number of halogens is 1. The monoisotopic (exact) mass is 230 g/mol. The average molecular weight is 231 g/mol. The van der Waals surface area contributed by atoms with Gasteiger partial charge in [0.2, 0.25) is 5.91 Å². The van der Waals surface area contributed by atoms with E-state index in [-0.39, 0.29) is 5.91 Å². The van der Waals surface area contributed by atoms with E-state index in [0.29, 0.717) is 12.3 Å². The molecule has 3 nitrogen and oxygen atoms in total. The van der Waals surface area contributed by atoms with E-state index in [1.54, 1.807) is 0 Å². The van der Waals surface area contributed by atoms with Crippen LogP contribution in [-0.2, 0) is 4.79 Å². The molecule has 0 aromatic heterocycles. The van der Waals surface area contributed by atoms with Gasteiger partial charge >= 0.3 is 0 Å². The van der Waals surface area contributed by atoms with E-state index in [9.17, 15) is 4.79 Å². The number of hydrogen-bond acceptors (Lipinski definition) is 2. The maximum absolute atomic E-state index is 11.7. The molecule has 0 atom stereocenters. The van der Waals surface area contributed by atoms with Gasteiger partial charge in [-0.25, -0.2) is 0 Å². The summed E-state index contributed by atoms with van der Waals surface area (Å²) in [5.41, 5.74) is 0. The summed E-state index contributed by atoms with van der Waals surface area (Å²) in [7, 11) is 0. The summed E-state index contributed by atoms with van der Waals surface area (Å²) in [4.78, 5) is 16.2. The van der Waals surface area contributed by atoms with Gasteiger partial charge in [-0.1, -0.05) is 0 Å². The van der Waals surface area contributed by atoms with Crippen LogP contribution in [0.4, 0.5) is 0 Å². The van der Waals surface area contributed by atoms with E-state index < -0.39 is 0 Å². The van der Waals surface area contributed by atoms with Crippen LogP contribution in [0, 0.1) is 0 Å². The van der Waals surface area contributed by atoms with Crippen LogP contribution in [0.3, 0.4) is 0 Å². The molecule has 2 fully saturated rings. The smallest absolute Gasteiger partial charge is 0.222 e. The summed E-state index contributed by atoms with van der Waals surface area (Å²) in [5, 5.41) is 0. The van der Waals surface area contributed by atoms with Crippen molar-refractivity contribution in [1.29, 1.82) is 0 Å². The molecular formula is C11H19ClN2O. The molecule has 86 valence electrons. The summed E-state index contributed by atoms with van der Waals surface area (Å²) >= 11 is 5.58. The van der Waals surface area contributed by atoms with Gasteiger partial charge in [-0.15, -0.1) is 11.6 Å². The Bertz CT molecular complexity index is 223. The molecule has 1 amide bonds. The fourth-order valence-electron chi connectivity index (χ4n) is 2.15. The van der Waals surface area contributed by atoms with Crippen LogP contribution in [-0.4, -0.2) is 53.8 Å². The second kappa shape index (κ2) is 5.17. The van der Waals surface area contributed by atoms with E-state index >= 15 is 0 Å². The van der Waals surface area contributed by atoms with Crippen molar-refractivity contribution < 1.29 is 4.79 Å². The lowest BCUT2D eigenvalue weighted by Crippen LogP contribution is -2.49. The number of carbonyl (C=O) groups excluding carboxylic acids is 1. The second-order valence-electron chi connectivity index (χ2n) is 4.44. The lowest BCUT2D eigenvalue weighted by molar-refractivity contribution is -0.133. The number of piperazine rings is 1. The van der Waals surface area contributed by atoms with Gasteiger partial charge in [0, 0.05) is 44.5 Å². The topological polar surface area (TPSA) is 23.6 Å².